The minimum Gasteiger partial charge on any atom is -0.314 e. The molecule has 1 heteroatoms. The highest BCUT2D eigenvalue weighted by Gasteiger charge is 2.25. The van der Waals surface area contributed by atoms with Crippen LogP contribution in [-0.4, -0.2) is 12.6 Å². The fourth-order valence-corrected chi connectivity index (χ4v) is 3.35. The van der Waals surface area contributed by atoms with Crippen molar-refractivity contribution < 1.29 is 0 Å². The lowest BCUT2D eigenvalue weighted by atomic mass is 9.76. The van der Waals surface area contributed by atoms with Gasteiger partial charge in [-0.15, -0.1) is 0 Å². The molecule has 1 aliphatic rings. The summed E-state index contributed by atoms with van der Waals surface area (Å²) in [5.74, 6) is 2.01. The van der Waals surface area contributed by atoms with Gasteiger partial charge in [-0.1, -0.05) is 52.9 Å². The second kappa shape index (κ2) is 8.97. The van der Waals surface area contributed by atoms with E-state index in [1.54, 1.807) is 0 Å². The van der Waals surface area contributed by atoms with E-state index in [9.17, 15) is 0 Å². The van der Waals surface area contributed by atoms with Crippen LogP contribution in [0.1, 0.15) is 78.6 Å². The first-order valence-electron chi connectivity index (χ1n) is 8.05. The van der Waals surface area contributed by atoms with Crippen LogP contribution in [0.2, 0.25) is 0 Å². The lowest BCUT2D eigenvalue weighted by molar-refractivity contribution is 0.209. The monoisotopic (exact) mass is 239 g/mol. The van der Waals surface area contributed by atoms with E-state index in [2.05, 4.69) is 26.1 Å². The van der Waals surface area contributed by atoms with Crippen molar-refractivity contribution in [1.29, 1.82) is 0 Å². The van der Waals surface area contributed by atoms with Crippen molar-refractivity contribution in [3.05, 3.63) is 0 Å². The predicted molar refractivity (Wildman–Crippen MR) is 77.3 cm³/mol. The van der Waals surface area contributed by atoms with Crippen molar-refractivity contribution in [2.75, 3.05) is 6.54 Å². The van der Waals surface area contributed by atoms with Crippen LogP contribution >= 0.6 is 0 Å². The minimum atomic E-state index is 0.794. The highest BCUT2D eigenvalue weighted by atomic mass is 14.9. The maximum atomic E-state index is 3.75. The molecule has 0 aromatic rings. The first-order valence-corrected chi connectivity index (χ1v) is 8.05. The number of hydrogen-bond acceptors (Lipinski definition) is 1. The summed E-state index contributed by atoms with van der Waals surface area (Å²) in [6, 6.07) is 0.794. The fourth-order valence-electron chi connectivity index (χ4n) is 3.35. The molecular formula is C16H33N. The maximum absolute atomic E-state index is 3.75. The lowest BCUT2D eigenvalue weighted by Gasteiger charge is -2.34. The summed E-state index contributed by atoms with van der Waals surface area (Å²) in [6.07, 6.45) is 12.8. The summed E-state index contributed by atoms with van der Waals surface area (Å²) in [5.41, 5.74) is 0. The molecule has 0 amide bonds. The SMILES string of the molecule is CCCCC1CCC(C(CC)NCCC)CC1. The smallest absolute Gasteiger partial charge is 0.00926 e. The molecule has 1 rings (SSSR count). The van der Waals surface area contributed by atoms with Crippen molar-refractivity contribution in [2.24, 2.45) is 11.8 Å². The lowest BCUT2D eigenvalue weighted by Crippen LogP contribution is -2.38. The van der Waals surface area contributed by atoms with Gasteiger partial charge < -0.3 is 5.32 Å². The Bertz CT molecular complexity index is 170. The molecule has 1 unspecified atom stereocenters. The Kier molecular flexibility index (Phi) is 7.92. The van der Waals surface area contributed by atoms with E-state index >= 15 is 0 Å². The predicted octanol–water partition coefficient (Wildman–Crippen LogP) is 4.76. The molecule has 0 spiro atoms. The molecule has 1 N–H and O–H groups in total. The molecule has 0 aromatic heterocycles. The van der Waals surface area contributed by atoms with Gasteiger partial charge in [0.05, 0.1) is 0 Å². The van der Waals surface area contributed by atoms with Gasteiger partial charge in [-0.2, -0.15) is 0 Å². The topological polar surface area (TPSA) is 12.0 Å². The highest BCUT2D eigenvalue weighted by molar-refractivity contribution is 4.81. The van der Waals surface area contributed by atoms with Crippen LogP contribution in [0.3, 0.4) is 0 Å². The van der Waals surface area contributed by atoms with E-state index in [-0.39, 0.29) is 0 Å². The molecule has 0 saturated heterocycles. The summed E-state index contributed by atoms with van der Waals surface area (Å²) in [6.45, 7) is 8.12. The van der Waals surface area contributed by atoms with Gasteiger partial charge >= 0.3 is 0 Å². The Morgan fingerprint density at radius 3 is 2.24 bits per heavy atom. The molecule has 1 saturated carbocycles. The Morgan fingerprint density at radius 2 is 1.71 bits per heavy atom. The molecule has 1 nitrogen and oxygen atoms in total. The number of hydrogen-bond donors (Lipinski definition) is 1. The average molecular weight is 239 g/mol. The number of unbranched alkanes of at least 4 members (excludes halogenated alkanes) is 1. The molecule has 17 heavy (non-hydrogen) atoms. The molecular weight excluding hydrogens is 206 g/mol. The second-order valence-corrected chi connectivity index (χ2v) is 5.89. The Balaban J connectivity index is 2.24. The molecule has 0 aromatic carbocycles. The zero-order valence-corrected chi connectivity index (χ0v) is 12.3. The van der Waals surface area contributed by atoms with E-state index in [1.807, 2.05) is 0 Å². The van der Waals surface area contributed by atoms with Gasteiger partial charge in [-0.05, 0) is 44.1 Å². The van der Waals surface area contributed by atoms with Crippen LogP contribution in [0.15, 0.2) is 0 Å². The molecule has 1 fully saturated rings. The van der Waals surface area contributed by atoms with E-state index in [1.165, 1.54) is 64.3 Å². The summed E-state index contributed by atoms with van der Waals surface area (Å²) in [5, 5.41) is 3.75. The van der Waals surface area contributed by atoms with Crippen LogP contribution in [0, 0.1) is 11.8 Å². The van der Waals surface area contributed by atoms with Crippen LogP contribution in [0.4, 0.5) is 0 Å². The average Bonchev–Trinajstić information content (AvgIpc) is 2.38. The maximum Gasteiger partial charge on any atom is 0.00926 e. The Labute approximate surface area is 109 Å². The normalized spacial score (nSPS) is 27.0. The first-order chi connectivity index (χ1) is 8.31. The molecule has 102 valence electrons. The van der Waals surface area contributed by atoms with Crippen molar-refractivity contribution in [2.45, 2.75) is 84.6 Å². The molecule has 0 aliphatic heterocycles. The minimum absolute atomic E-state index is 0.794. The van der Waals surface area contributed by atoms with E-state index in [0.717, 1.165) is 17.9 Å². The third-order valence-corrected chi connectivity index (χ3v) is 4.52. The molecule has 0 heterocycles. The van der Waals surface area contributed by atoms with E-state index < -0.39 is 0 Å². The zero-order chi connectivity index (χ0) is 12.5. The van der Waals surface area contributed by atoms with Gasteiger partial charge in [-0.25, -0.2) is 0 Å². The molecule has 0 bridgehead atoms. The summed E-state index contributed by atoms with van der Waals surface area (Å²) < 4.78 is 0. The molecule has 1 aliphatic carbocycles. The van der Waals surface area contributed by atoms with Crippen LogP contribution < -0.4 is 5.32 Å². The van der Waals surface area contributed by atoms with Crippen LogP contribution in [-0.2, 0) is 0 Å². The van der Waals surface area contributed by atoms with E-state index in [4.69, 9.17) is 0 Å². The second-order valence-electron chi connectivity index (χ2n) is 5.89. The van der Waals surface area contributed by atoms with Gasteiger partial charge in [-0.3, -0.25) is 0 Å². The summed E-state index contributed by atoms with van der Waals surface area (Å²) in [7, 11) is 0. The third kappa shape index (κ3) is 5.42. The summed E-state index contributed by atoms with van der Waals surface area (Å²) >= 11 is 0. The van der Waals surface area contributed by atoms with Gasteiger partial charge in [0, 0.05) is 6.04 Å². The van der Waals surface area contributed by atoms with E-state index in [0.29, 0.717) is 0 Å². The van der Waals surface area contributed by atoms with Crippen molar-refractivity contribution in [3.8, 4) is 0 Å². The third-order valence-electron chi connectivity index (χ3n) is 4.52. The highest BCUT2D eigenvalue weighted by Crippen LogP contribution is 2.34. The zero-order valence-electron chi connectivity index (χ0n) is 12.3. The standard InChI is InChI=1S/C16H33N/c1-4-7-8-14-9-11-15(12-10-14)16(6-3)17-13-5-2/h14-17H,4-13H2,1-3H3. The Morgan fingerprint density at radius 1 is 1.00 bits per heavy atom. The number of nitrogens with one attached hydrogen (secondary N) is 1. The first kappa shape index (κ1) is 15.0. The van der Waals surface area contributed by atoms with Gasteiger partial charge in [0.1, 0.15) is 0 Å². The van der Waals surface area contributed by atoms with Gasteiger partial charge in [0.25, 0.3) is 0 Å². The van der Waals surface area contributed by atoms with Crippen molar-refractivity contribution in [3.63, 3.8) is 0 Å². The Hall–Kier alpha value is -0.0400. The largest absolute Gasteiger partial charge is 0.314 e. The van der Waals surface area contributed by atoms with Gasteiger partial charge in [0.15, 0.2) is 0 Å². The number of rotatable bonds is 8. The fraction of sp³-hybridized carbons (Fsp3) is 1.00. The van der Waals surface area contributed by atoms with Crippen molar-refractivity contribution >= 4 is 0 Å². The molecule has 0 radical (unpaired) electrons. The van der Waals surface area contributed by atoms with Crippen LogP contribution in [0.25, 0.3) is 0 Å². The van der Waals surface area contributed by atoms with Crippen molar-refractivity contribution in [1.82, 2.24) is 5.32 Å². The molecule has 1 atom stereocenters. The summed E-state index contributed by atoms with van der Waals surface area (Å²) in [4.78, 5) is 0. The van der Waals surface area contributed by atoms with Gasteiger partial charge in [0.2, 0.25) is 0 Å². The quantitative estimate of drug-likeness (QED) is 0.644. The van der Waals surface area contributed by atoms with Crippen LogP contribution in [0.5, 0.6) is 0 Å².